The smallest absolute Gasteiger partial charge is 0.0416 e. The standard InChI is InChI=1S/C18H23NS/c1-12-5-8-16(9-6-12)18(19)15(4)20-17-10-7-13(2)11-14(17)3/h5-11,15,18H,19H2,1-4H3. The highest BCUT2D eigenvalue weighted by atomic mass is 32.2. The van der Waals surface area contributed by atoms with Gasteiger partial charge in [0.05, 0.1) is 0 Å². The highest BCUT2D eigenvalue weighted by Gasteiger charge is 2.16. The molecule has 20 heavy (non-hydrogen) atoms. The first-order valence-electron chi connectivity index (χ1n) is 7.03. The van der Waals surface area contributed by atoms with Crippen molar-refractivity contribution < 1.29 is 0 Å². The molecule has 0 bridgehead atoms. The van der Waals surface area contributed by atoms with E-state index in [1.807, 2.05) is 11.8 Å². The van der Waals surface area contributed by atoms with E-state index in [-0.39, 0.29) is 6.04 Å². The summed E-state index contributed by atoms with van der Waals surface area (Å²) < 4.78 is 0. The zero-order valence-corrected chi connectivity index (χ0v) is 13.5. The lowest BCUT2D eigenvalue weighted by Gasteiger charge is -2.21. The molecule has 0 saturated heterocycles. The van der Waals surface area contributed by atoms with Crippen molar-refractivity contribution >= 4 is 11.8 Å². The van der Waals surface area contributed by atoms with E-state index in [0.717, 1.165) is 0 Å². The Kier molecular flexibility index (Phi) is 4.90. The lowest BCUT2D eigenvalue weighted by Crippen LogP contribution is -2.21. The highest BCUT2D eigenvalue weighted by Crippen LogP contribution is 2.32. The Morgan fingerprint density at radius 3 is 2.10 bits per heavy atom. The van der Waals surface area contributed by atoms with E-state index in [9.17, 15) is 0 Å². The molecule has 0 spiro atoms. The predicted octanol–water partition coefficient (Wildman–Crippen LogP) is 4.79. The molecule has 2 heteroatoms. The molecule has 0 radical (unpaired) electrons. The normalized spacial score (nSPS) is 14.1. The molecule has 0 saturated carbocycles. The van der Waals surface area contributed by atoms with Crippen molar-refractivity contribution in [3.05, 3.63) is 64.7 Å². The van der Waals surface area contributed by atoms with Gasteiger partial charge in [-0.15, -0.1) is 11.8 Å². The van der Waals surface area contributed by atoms with Crippen molar-refractivity contribution in [2.24, 2.45) is 5.73 Å². The summed E-state index contributed by atoms with van der Waals surface area (Å²) in [6.07, 6.45) is 0. The first-order chi connectivity index (χ1) is 9.47. The van der Waals surface area contributed by atoms with Crippen molar-refractivity contribution in [3.8, 4) is 0 Å². The second-order valence-corrected chi connectivity index (χ2v) is 6.95. The van der Waals surface area contributed by atoms with Crippen LogP contribution in [0, 0.1) is 20.8 Å². The molecule has 0 amide bonds. The van der Waals surface area contributed by atoms with Crippen LogP contribution >= 0.6 is 11.8 Å². The van der Waals surface area contributed by atoms with Gasteiger partial charge in [0.2, 0.25) is 0 Å². The van der Waals surface area contributed by atoms with E-state index in [1.54, 1.807) is 0 Å². The Morgan fingerprint density at radius 2 is 1.50 bits per heavy atom. The summed E-state index contributed by atoms with van der Waals surface area (Å²) in [6, 6.07) is 15.2. The first-order valence-corrected chi connectivity index (χ1v) is 7.91. The maximum Gasteiger partial charge on any atom is 0.0416 e. The van der Waals surface area contributed by atoms with E-state index < -0.39 is 0 Å². The predicted molar refractivity (Wildman–Crippen MR) is 89.3 cm³/mol. The third-order valence-electron chi connectivity index (χ3n) is 3.61. The Hall–Kier alpha value is -1.25. The van der Waals surface area contributed by atoms with Gasteiger partial charge in [-0.2, -0.15) is 0 Å². The lowest BCUT2D eigenvalue weighted by molar-refractivity contribution is 0.714. The highest BCUT2D eigenvalue weighted by molar-refractivity contribution is 8.00. The van der Waals surface area contributed by atoms with Gasteiger partial charge in [-0.3, -0.25) is 0 Å². The molecule has 2 atom stereocenters. The second-order valence-electron chi connectivity index (χ2n) is 5.53. The molecule has 0 aliphatic rings. The third-order valence-corrected chi connectivity index (χ3v) is 4.99. The zero-order chi connectivity index (χ0) is 14.7. The van der Waals surface area contributed by atoms with Gasteiger partial charge in [-0.1, -0.05) is 54.4 Å². The number of thioether (sulfide) groups is 1. The number of benzene rings is 2. The Morgan fingerprint density at radius 1 is 0.900 bits per heavy atom. The monoisotopic (exact) mass is 285 g/mol. The molecule has 106 valence electrons. The van der Waals surface area contributed by atoms with Crippen LogP contribution in [0.2, 0.25) is 0 Å². The molecule has 0 aromatic heterocycles. The molecule has 2 aromatic rings. The number of aryl methyl sites for hydroxylation is 3. The van der Waals surface area contributed by atoms with Crippen molar-refractivity contribution in [1.82, 2.24) is 0 Å². The van der Waals surface area contributed by atoms with Crippen LogP contribution in [-0.2, 0) is 0 Å². The topological polar surface area (TPSA) is 26.0 Å². The fourth-order valence-electron chi connectivity index (χ4n) is 2.26. The number of hydrogen-bond donors (Lipinski definition) is 1. The van der Waals surface area contributed by atoms with Crippen molar-refractivity contribution in [2.45, 2.75) is 43.9 Å². The van der Waals surface area contributed by atoms with Crippen LogP contribution < -0.4 is 5.73 Å². The van der Waals surface area contributed by atoms with E-state index in [0.29, 0.717) is 5.25 Å². The van der Waals surface area contributed by atoms with E-state index >= 15 is 0 Å². The average molecular weight is 285 g/mol. The third kappa shape index (κ3) is 3.65. The van der Waals surface area contributed by atoms with Gasteiger partial charge in [0, 0.05) is 16.2 Å². The van der Waals surface area contributed by atoms with Gasteiger partial charge in [0.1, 0.15) is 0 Å². The Balaban J connectivity index is 2.11. The summed E-state index contributed by atoms with van der Waals surface area (Å²) in [5, 5.41) is 0.346. The molecule has 0 heterocycles. The SMILES string of the molecule is Cc1ccc(C(N)C(C)Sc2ccc(C)cc2C)cc1. The van der Waals surface area contributed by atoms with Crippen LogP contribution in [0.4, 0.5) is 0 Å². The summed E-state index contributed by atoms with van der Waals surface area (Å²) in [6.45, 7) is 8.60. The minimum atomic E-state index is 0.0568. The van der Waals surface area contributed by atoms with Crippen LogP contribution in [-0.4, -0.2) is 5.25 Å². The van der Waals surface area contributed by atoms with Crippen LogP contribution in [0.5, 0.6) is 0 Å². The fraction of sp³-hybridized carbons (Fsp3) is 0.333. The molecule has 2 rings (SSSR count). The molecule has 0 aliphatic carbocycles. The summed E-state index contributed by atoms with van der Waals surface area (Å²) in [7, 11) is 0. The first kappa shape index (κ1) is 15.1. The maximum absolute atomic E-state index is 6.40. The molecule has 2 aromatic carbocycles. The molecule has 2 unspecified atom stereocenters. The number of nitrogens with two attached hydrogens (primary N) is 1. The van der Waals surface area contributed by atoms with Crippen LogP contribution in [0.25, 0.3) is 0 Å². The van der Waals surface area contributed by atoms with Gasteiger partial charge in [0.25, 0.3) is 0 Å². The number of hydrogen-bond acceptors (Lipinski definition) is 2. The molecule has 0 fully saturated rings. The van der Waals surface area contributed by atoms with Crippen molar-refractivity contribution in [2.75, 3.05) is 0 Å². The summed E-state index contributed by atoms with van der Waals surface area (Å²) >= 11 is 1.86. The van der Waals surface area contributed by atoms with Crippen molar-refractivity contribution in [3.63, 3.8) is 0 Å². The largest absolute Gasteiger partial charge is 0.323 e. The van der Waals surface area contributed by atoms with Crippen LogP contribution in [0.1, 0.15) is 35.2 Å². The van der Waals surface area contributed by atoms with E-state index in [1.165, 1.54) is 27.1 Å². The molecular weight excluding hydrogens is 262 g/mol. The summed E-state index contributed by atoms with van der Waals surface area (Å²) in [5.74, 6) is 0. The number of rotatable bonds is 4. The van der Waals surface area contributed by atoms with Crippen molar-refractivity contribution in [1.29, 1.82) is 0 Å². The molecular formula is C18H23NS. The molecule has 2 N–H and O–H groups in total. The van der Waals surface area contributed by atoms with Gasteiger partial charge in [-0.25, -0.2) is 0 Å². The van der Waals surface area contributed by atoms with Gasteiger partial charge in [0.15, 0.2) is 0 Å². The van der Waals surface area contributed by atoms with Crippen LogP contribution in [0.3, 0.4) is 0 Å². The minimum absolute atomic E-state index is 0.0568. The second kappa shape index (κ2) is 6.47. The zero-order valence-electron chi connectivity index (χ0n) is 12.7. The maximum atomic E-state index is 6.40. The Bertz CT molecular complexity index is 574. The molecule has 0 aliphatic heterocycles. The van der Waals surface area contributed by atoms with Gasteiger partial charge >= 0.3 is 0 Å². The quantitative estimate of drug-likeness (QED) is 0.817. The van der Waals surface area contributed by atoms with Gasteiger partial charge in [-0.05, 0) is 38.0 Å². The van der Waals surface area contributed by atoms with Crippen LogP contribution in [0.15, 0.2) is 47.4 Å². The van der Waals surface area contributed by atoms with E-state index in [4.69, 9.17) is 5.73 Å². The Labute approximate surface area is 126 Å². The summed E-state index contributed by atoms with van der Waals surface area (Å²) in [5.41, 5.74) is 11.5. The van der Waals surface area contributed by atoms with E-state index in [2.05, 4.69) is 70.2 Å². The minimum Gasteiger partial charge on any atom is -0.323 e. The summed E-state index contributed by atoms with van der Waals surface area (Å²) in [4.78, 5) is 1.32. The fourth-order valence-corrected chi connectivity index (χ4v) is 3.36. The lowest BCUT2D eigenvalue weighted by atomic mass is 10.0. The van der Waals surface area contributed by atoms with Gasteiger partial charge < -0.3 is 5.73 Å². The molecule has 1 nitrogen and oxygen atoms in total. The average Bonchev–Trinajstić information content (AvgIpc) is 2.42.